The number of halogens is 1. The lowest BCUT2D eigenvalue weighted by Gasteiger charge is -1.98. The van der Waals surface area contributed by atoms with Crippen molar-refractivity contribution in [2.24, 2.45) is 5.14 Å². The zero-order valence-electron chi connectivity index (χ0n) is 9.25. The zero-order chi connectivity index (χ0) is 12.5. The number of sulfonamides is 1. The Balaban J connectivity index is 0.00000162. The molecule has 0 saturated heterocycles. The van der Waals surface area contributed by atoms with Crippen molar-refractivity contribution in [3.63, 3.8) is 0 Å². The van der Waals surface area contributed by atoms with E-state index in [9.17, 15) is 8.42 Å². The van der Waals surface area contributed by atoms with Crippen LogP contribution in [0.2, 0.25) is 0 Å². The highest BCUT2D eigenvalue weighted by Gasteiger charge is 2.14. The second-order valence-electron chi connectivity index (χ2n) is 3.47. The van der Waals surface area contributed by atoms with Crippen molar-refractivity contribution in [2.45, 2.75) is 10.8 Å². The van der Waals surface area contributed by atoms with Crippen molar-refractivity contribution in [2.75, 3.05) is 13.2 Å². The fourth-order valence-corrected chi connectivity index (χ4v) is 4.75. The molecule has 2 aromatic heterocycles. The molecule has 4 N–H and O–H groups in total. The van der Waals surface area contributed by atoms with Crippen molar-refractivity contribution in [1.82, 2.24) is 5.32 Å². The summed E-state index contributed by atoms with van der Waals surface area (Å²) in [5.41, 5.74) is 0. The fraction of sp³-hybridized carbons (Fsp3) is 0.333. The van der Waals surface area contributed by atoms with Gasteiger partial charge in [-0.05, 0) is 12.1 Å². The number of hydrogen-bond donors (Lipinski definition) is 3. The first-order valence-electron chi connectivity index (χ1n) is 4.87. The van der Waals surface area contributed by atoms with Gasteiger partial charge in [-0.25, -0.2) is 13.6 Å². The Bertz CT molecular complexity index is 589. The summed E-state index contributed by atoms with van der Waals surface area (Å²) in [6.45, 7) is 1.33. The van der Waals surface area contributed by atoms with Crippen molar-refractivity contribution < 1.29 is 13.5 Å². The van der Waals surface area contributed by atoms with Gasteiger partial charge in [-0.1, -0.05) is 0 Å². The lowest BCUT2D eigenvalue weighted by atomic mass is 10.3. The monoisotopic (exact) mass is 328 g/mol. The minimum absolute atomic E-state index is 0. The third kappa shape index (κ3) is 3.64. The van der Waals surface area contributed by atoms with E-state index in [1.165, 1.54) is 22.7 Å². The smallest absolute Gasteiger partial charge is 0.247 e. The minimum Gasteiger partial charge on any atom is -0.395 e. The van der Waals surface area contributed by atoms with Gasteiger partial charge >= 0.3 is 0 Å². The molecule has 0 amide bonds. The lowest BCUT2D eigenvalue weighted by molar-refractivity contribution is 0.292. The molecule has 2 heterocycles. The first kappa shape index (κ1) is 15.8. The van der Waals surface area contributed by atoms with Gasteiger partial charge in [-0.2, -0.15) is 0 Å². The molecule has 0 aliphatic carbocycles. The van der Waals surface area contributed by atoms with Gasteiger partial charge in [-0.3, -0.25) is 0 Å². The normalized spacial score (nSPS) is 11.7. The quantitative estimate of drug-likeness (QED) is 0.717. The molecule has 0 aliphatic rings. The molecule has 0 atom stereocenters. The number of hydrogen-bond acceptors (Lipinski definition) is 6. The molecule has 0 spiro atoms. The highest BCUT2D eigenvalue weighted by atomic mass is 35.5. The maximum absolute atomic E-state index is 11.1. The first-order valence-corrected chi connectivity index (χ1v) is 8.05. The summed E-state index contributed by atoms with van der Waals surface area (Å²) < 4.78 is 23.5. The van der Waals surface area contributed by atoms with E-state index in [1.54, 1.807) is 6.07 Å². The molecule has 18 heavy (non-hydrogen) atoms. The molecule has 0 unspecified atom stereocenters. The molecule has 0 radical (unpaired) electrons. The van der Waals surface area contributed by atoms with E-state index in [4.69, 9.17) is 10.2 Å². The van der Waals surface area contributed by atoms with Crippen molar-refractivity contribution in [1.29, 1.82) is 0 Å². The summed E-state index contributed by atoms with van der Waals surface area (Å²) in [5, 5.41) is 17.7. The largest absolute Gasteiger partial charge is 0.395 e. The molecule has 0 saturated carbocycles. The van der Waals surface area contributed by atoms with Crippen LogP contribution in [0.1, 0.15) is 4.88 Å². The third-order valence-corrected chi connectivity index (χ3v) is 5.92. The Morgan fingerprint density at radius 3 is 2.61 bits per heavy atom. The van der Waals surface area contributed by atoms with E-state index in [2.05, 4.69) is 5.32 Å². The number of nitrogens with two attached hydrogens (primary N) is 1. The number of thiophene rings is 2. The van der Waals surface area contributed by atoms with Crippen LogP contribution in [0, 0.1) is 0 Å². The van der Waals surface area contributed by atoms with Gasteiger partial charge in [0, 0.05) is 23.4 Å². The van der Waals surface area contributed by atoms with Crippen LogP contribution in [-0.2, 0) is 16.6 Å². The lowest BCUT2D eigenvalue weighted by Crippen LogP contribution is -2.16. The molecule has 0 bridgehead atoms. The maximum atomic E-state index is 11.1. The van der Waals surface area contributed by atoms with Crippen LogP contribution in [0.5, 0.6) is 0 Å². The van der Waals surface area contributed by atoms with Crippen molar-refractivity contribution >= 4 is 54.5 Å². The van der Waals surface area contributed by atoms with Crippen LogP contribution < -0.4 is 10.5 Å². The summed E-state index contributed by atoms with van der Waals surface area (Å²) in [6.07, 6.45) is 0. The van der Waals surface area contributed by atoms with Crippen LogP contribution in [-0.4, -0.2) is 26.7 Å². The van der Waals surface area contributed by atoms with Crippen molar-refractivity contribution in [3.05, 3.63) is 17.0 Å². The second kappa shape index (κ2) is 6.29. The van der Waals surface area contributed by atoms with Crippen LogP contribution in [0.3, 0.4) is 0 Å². The van der Waals surface area contributed by atoms with Crippen LogP contribution in [0.15, 0.2) is 16.3 Å². The van der Waals surface area contributed by atoms with E-state index in [1.807, 2.05) is 6.07 Å². The summed E-state index contributed by atoms with van der Waals surface area (Å²) >= 11 is 2.73. The highest BCUT2D eigenvalue weighted by Crippen LogP contribution is 2.35. The molecule has 102 valence electrons. The number of rotatable bonds is 5. The summed E-state index contributed by atoms with van der Waals surface area (Å²) in [6, 6.07) is 3.54. The van der Waals surface area contributed by atoms with Crippen LogP contribution in [0.4, 0.5) is 0 Å². The number of aliphatic hydroxyl groups excluding tert-OH is 1. The van der Waals surface area contributed by atoms with Gasteiger partial charge in [0.1, 0.15) is 4.21 Å². The molecule has 2 aromatic rings. The first-order chi connectivity index (χ1) is 8.00. The number of fused-ring (bicyclic) bond motifs is 1. The third-order valence-electron chi connectivity index (χ3n) is 2.11. The summed E-state index contributed by atoms with van der Waals surface area (Å²) in [7, 11) is -3.59. The van der Waals surface area contributed by atoms with E-state index in [0.29, 0.717) is 13.1 Å². The van der Waals surface area contributed by atoms with Crippen LogP contribution in [0.25, 0.3) is 9.40 Å². The Morgan fingerprint density at radius 1 is 1.33 bits per heavy atom. The van der Waals surface area contributed by atoms with Gasteiger partial charge < -0.3 is 10.4 Å². The molecule has 2 rings (SSSR count). The Morgan fingerprint density at radius 2 is 2.06 bits per heavy atom. The topological polar surface area (TPSA) is 92.4 Å². The summed E-state index contributed by atoms with van der Waals surface area (Å²) in [4.78, 5) is 1.11. The molecule has 9 heteroatoms. The number of aliphatic hydroxyl groups is 1. The van der Waals surface area contributed by atoms with Crippen molar-refractivity contribution in [3.8, 4) is 0 Å². The van der Waals surface area contributed by atoms with Gasteiger partial charge in [0.25, 0.3) is 0 Å². The Hall–Kier alpha value is -0.220. The van der Waals surface area contributed by atoms with E-state index in [0.717, 1.165) is 14.3 Å². The Labute approximate surface area is 119 Å². The maximum Gasteiger partial charge on any atom is 0.247 e. The van der Waals surface area contributed by atoms with E-state index >= 15 is 0 Å². The van der Waals surface area contributed by atoms with Gasteiger partial charge in [0.2, 0.25) is 10.0 Å². The predicted molar refractivity (Wildman–Crippen MR) is 77.1 cm³/mol. The fourth-order valence-electron chi connectivity index (χ4n) is 1.39. The molecular weight excluding hydrogens is 316 g/mol. The zero-order valence-corrected chi connectivity index (χ0v) is 12.5. The Kier molecular flexibility index (Phi) is 5.53. The number of primary sulfonamides is 1. The van der Waals surface area contributed by atoms with Gasteiger partial charge in [0.05, 0.1) is 10.6 Å². The molecule has 0 aromatic carbocycles. The highest BCUT2D eigenvalue weighted by molar-refractivity contribution is 7.91. The van der Waals surface area contributed by atoms with Crippen LogP contribution >= 0.6 is 35.1 Å². The molecule has 5 nitrogen and oxygen atoms in total. The standard InChI is InChI=1S/C9H12N2O3S3.ClH/c10-17(13,14)8-4-6-3-7(5-11-1-2-12)15-9(6)16-8;/h3-4,11-12H,1-2,5H2,(H2,10,13,14);1H. The number of nitrogens with one attached hydrogen (secondary N) is 1. The average Bonchev–Trinajstić information content (AvgIpc) is 2.74. The molecule has 0 fully saturated rings. The second-order valence-corrected chi connectivity index (χ2v) is 7.70. The SMILES string of the molecule is Cl.NS(=O)(=O)c1cc2cc(CNCCO)sc2s1. The minimum atomic E-state index is -3.59. The van der Waals surface area contributed by atoms with Gasteiger partial charge in [-0.15, -0.1) is 35.1 Å². The van der Waals surface area contributed by atoms with E-state index in [-0.39, 0.29) is 23.2 Å². The predicted octanol–water partition coefficient (Wildman–Crippen LogP) is 1.11. The van der Waals surface area contributed by atoms with E-state index < -0.39 is 10.0 Å². The summed E-state index contributed by atoms with van der Waals surface area (Å²) in [5.74, 6) is 0. The van der Waals surface area contributed by atoms with Gasteiger partial charge in [0.15, 0.2) is 0 Å². The average molecular weight is 329 g/mol. The molecular formula is C9H13ClN2O3S3. The molecule has 0 aliphatic heterocycles.